The molecule has 0 saturated heterocycles. The van der Waals surface area contributed by atoms with Gasteiger partial charge in [-0.05, 0) is 20.8 Å². The third-order valence-electron chi connectivity index (χ3n) is 2.25. The number of hydrogen-bond acceptors (Lipinski definition) is 4. The molecule has 4 nitrogen and oxygen atoms in total. The minimum absolute atomic E-state index is 0.434. The first-order valence-corrected chi connectivity index (χ1v) is 5.11. The third kappa shape index (κ3) is 5.88. The van der Waals surface area contributed by atoms with Crippen LogP contribution in [0.4, 0.5) is 13.2 Å². The van der Waals surface area contributed by atoms with Gasteiger partial charge in [0.2, 0.25) is 0 Å². The van der Waals surface area contributed by atoms with Crippen molar-refractivity contribution in [3.63, 3.8) is 0 Å². The molecule has 17 heavy (non-hydrogen) atoms. The van der Waals surface area contributed by atoms with Gasteiger partial charge in [-0.15, -0.1) is 0 Å². The van der Waals surface area contributed by atoms with Gasteiger partial charge < -0.3 is 9.84 Å². The molecule has 0 saturated carbocycles. The summed E-state index contributed by atoms with van der Waals surface area (Å²) in [5, 5.41) is 9.72. The van der Waals surface area contributed by atoms with E-state index < -0.39 is 36.9 Å². The van der Waals surface area contributed by atoms with E-state index in [1.165, 1.54) is 0 Å². The van der Waals surface area contributed by atoms with Gasteiger partial charge in [0, 0.05) is 12.6 Å². The molecule has 0 fully saturated rings. The van der Waals surface area contributed by atoms with Gasteiger partial charge in [-0.3, -0.25) is 4.90 Å². The molecule has 1 unspecified atom stereocenters. The summed E-state index contributed by atoms with van der Waals surface area (Å²) < 4.78 is 41.2. The summed E-state index contributed by atoms with van der Waals surface area (Å²) in [6.07, 6.45) is -4.38. The van der Waals surface area contributed by atoms with Crippen LogP contribution >= 0.6 is 0 Å². The average molecular weight is 257 g/mol. The van der Waals surface area contributed by atoms with E-state index in [0.717, 1.165) is 18.9 Å². The van der Waals surface area contributed by atoms with Gasteiger partial charge in [0.15, 0.2) is 5.60 Å². The average Bonchev–Trinajstić information content (AvgIpc) is 2.12. The second kappa shape index (κ2) is 5.68. The maximum absolute atomic E-state index is 12.3. The highest BCUT2D eigenvalue weighted by molar-refractivity contribution is 5.78. The molecule has 0 aromatic carbocycles. The van der Waals surface area contributed by atoms with E-state index in [-0.39, 0.29) is 0 Å². The second-order valence-electron chi connectivity index (χ2n) is 4.38. The number of halogens is 3. The number of esters is 1. The highest BCUT2D eigenvalue weighted by Gasteiger charge is 2.39. The Bertz CT molecular complexity index is 264. The predicted molar refractivity (Wildman–Crippen MR) is 55.4 cm³/mol. The van der Waals surface area contributed by atoms with Gasteiger partial charge in [0.05, 0.1) is 13.7 Å². The zero-order valence-electron chi connectivity index (χ0n) is 10.3. The predicted octanol–water partition coefficient (Wildman–Crippen LogP) is 1.18. The molecule has 0 aliphatic carbocycles. The van der Waals surface area contributed by atoms with E-state index >= 15 is 0 Å². The van der Waals surface area contributed by atoms with Crippen LogP contribution in [0, 0.1) is 0 Å². The standard InChI is InChI=1S/C10H18F3NO3/c1-7(2)14(6-10(11,12)13)5-9(3,16)8(15)17-4/h7,16H,5-6H2,1-4H3. The van der Waals surface area contributed by atoms with Crippen molar-refractivity contribution in [1.29, 1.82) is 0 Å². The molecule has 1 N–H and O–H groups in total. The van der Waals surface area contributed by atoms with Crippen LogP contribution in [0.5, 0.6) is 0 Å². The Balaban J connectivity index is 4.71. The molecule has 0 aromatic heterocycles. The van der Waals surface area contributed by atoms with Gasteiger partial charge in [0.1, 0.15) is 0 Å². The van der Waals surface area contributed by atoms with Crippen molar-refractivity contribution < 1.29 is 27.8 Å². The van der Waals surface area contributed by atoms with Crippen LogP contribution in [-0.4, -0.2) is 54.0 Å². The number of carbonyl (C=O) groups is 1. The SMILES string of the molecule is COC(=O)C(C)(O)CN(CC(F)(F)F)C(C)C. The Labute approximate surface area is 98.3 Å². The fraction of sp³-hybridized carbons (Fsp3) is 0.900. The lowest BCUT2D eigenvalue weighted by molar-refractivity contribution is -0.173. The molecule has 0 aliphatic heterocycles. The molecular formula is C10H18F3NO3. The molecule has 0 amide bonds. The lowest BCUT2D eigenvalue weighted by Gasteiger charge is -2.32. The molecule has 0 spiro atoms. The zero-order valence-corrected chi connectivity index (χ0v) is 10.3. The molecule has 0 radical (unpaired) electrons. The van der Waals surface area contributed by atoms with Crippen molar-refractivity contribution >= 4 is 5.97 Å². The summed E-state index contributed by atoms with van der Waals surface area (Å²) in [5.74, 6) is -0.953. The number of methoxy groups -OCH3 is 1. The largest absolute Gasteiger partial charge is 0.467 e. The number of ether oxygens (including phenoxy) is 1. The lowest BCUT2D eigenvalue weighted by Crippen LogP contribution is -2.51. The molecule has 1 atom stereocenters. The Morgan fingerprint density at radius 1 is 1.35 bits per heavy atom. The normalized spacial score (nSPS) is 16.1. The lowest BCUT2D eigenvalue weighted by atomic mass is 10.1. The first kappa shape index (κ1) is 16.2. The second-order valence-corrected chi connectivity index (χ2v) is 4.38. The minimum Gasteiger partial charge on any atom is -0.467 e. The Morgan fingerprint density at radius 3 is 2.12 bits per heavy atom. The number of nitrogens with zero attached hydrogens (tertiary/aromatic N) is 1. The maximum Gasteiger partial charge on any atom is 0.401 e. The summed E-state index contributed by atoms with van der Waals surface area (Å²) in [6.45, 7) is 2.62. The molecule has 0 aromatic rings. The number of hydrogen-bond donors (Lipinski definition) is 1. The van der Waals surface area contributed by atoms with Crippen molar-refractivity contribution in [3.05, 3.63) is 0 Å². The van der Waals surface area contributed by atoms with Gasteiger partial charge in [-0.2, -0.15) is 13.2 Å². The highest BCUT2D eigenvalue weighted by Crippen LogP contribution is 2.20. The van der Waals surface area contributed by atoms with Crippen LogP contribution in [0.3, 0.4) is 0 Å². The maximum atomic E-state index is 12.3. The van der Waals surface area contributed by atoms with Crippen molar-refractivity contribution in [2.75, 3.05) is 20.2 Å². The quantitative estimate of drug-likeness (QED) is 0.751. The van der Waals surface area contributed by atoms with Crippen LogP contribution in [0.25, 0.3) is 0 Å². The number of rotatable bonds is 5. The van der Waals surface area contributed by atoms with E-state index in [1.54, 1.807) is 13.8 Å². The fourth-order valence-corrected chi connectivity index (χ4v) is 1.33. The van der Waals surface area contributed by atoms with Gasteiger partial charge in [0.25, 0.3) is 0 Å². The molecular weight excluding hydrogens is 239 g/mol. The minimum atomic E-state index is -4.38. The topological polar surface area (TPSA) is 49.8 Å². The first-order valence-electron chi connectivity index (χ1n) is 5.11. The van der Waals surface area contributed by atoms with Crippen LogP contribution in [-0.2, 0) is 9.53 Å². The molecule has 7 heteroatoms. The molecule has 102 valence electrons. The smallest absolute Gasteiger partial charge is 0.401 e. The highest BCUT2D eigenvalue weighted by atomic mass is 19.4. The summed E-state index contributed by atoms with van der Waals surface area (Å²) in [6, 6.07) is -0.451. The van der Waals surface area contributed by atoms with Gasteiger partial charge in [-0.1, -0.05) is 0 Å². The van der Waals surface area contributed by atoms with Crippen LogP contribution < -0.4 is 0 Å². The van der Waals surface area contributed by atoms with E-state index in [2.05, 4.69) is 4.74 Å². The molecule has 0 bridgehead atoms. The molecule has 0 aliphatic rings. The van der Waals surface area contributed by atoms with Crippen molar-refractivity contribution in [2.45, 2.75) is 38.6 Å². The summed E-state index contributed by atoms with van der Waals surface area (Å²) >= 11 is 0. The zero-order chi connectivity index (χ0) is 13.9. The Kier molecular flexibility index (Phi) is 5.41. The van der Waals surface area contributed by atoms with E-state index in [1.807, 2.05) is 0 Å². The fourth-order valence-electron chi connectivity index (χ4n) is 1.33. The van der Waals surface area contributed by atoms with Crippen LogP contribution in [0.2, 0.25) is 0 Å². The van der Waals surface area contributed by atoms with E-state index in [4.69, 9.17) is 0 Å². The number of aliphatic hydroxyl groups is 1. The number of carbonyl (C=O) groups excluding carboxylic acids is 1. The first-order chi connectivity index (χ1) is 7.49. The number of alkyl halides is 3. The van der Waals surface area contributed by atoms with Crippen LogP contribution in [0.15, 0.2) is 0 Å². The van der Waals surface area contributed by atoms with Gasteiger partial charge in [-0.25, -0.2) is 4.79 Å². The summed E-state index contributed by atoms with van der Waals surface area (Å²) in [7, 11) is 1.07. The molecule has 0 rings (SSSR count). The van der Waals surface area contributed by atoms with E-state index in [9.17, 15) is 23.1 Å². The van der Waals surface area contributed by atoms with Crippen molar-refractivity contribution in [1.82, 2.24) is 4.90 Å². The summed E-state index contributed by atoms with van der Waals surface area (Å²) in [5.41, 5.74) is -1.95. The van der Waals surface area contributed by atoms with Crippen molar-refractivity contribution in [3.8, 4) is 0 Å². The Hall–Kier alpha value is -0.820. The monoisotopic (exact) mass is 257 g/mol. The van der Waals surface area contributed by atoms with E-state index in [0.29, 0.717) is 0 Å². The van der Waals surface area contributed by atoms with Crippen molar-refractivity contribution in [2.24, 2.45) is 0 Å². The Morgan fingerprint density at radius 2 is 1.82 bits per heavy atom. The van der Waals surface area contributed by atoms with Gasteiger partial charge >= 0.3 is 12.1 Å². The summed E-state index contributed by atoms with van der Waals surface area (Å²) in [4.78, 5) is 12.1. The molecule has 0 heterocycles. The van der Waals surface area contributed by atoms with Crippen LogP contribution in [0.1, 0.15) is 20.8 Å². The third-order valence-corrected chi connectivity index (χ3v) is 2.25.